The number of carbonyl (C=O) groups excluding carboxylic acids is 1. The number of rotatable bonds is 2. The number of hydrogen-bond acceptors (Lipinski definition) is 4. The Hall–Kier alpha value is -1.42. The molecule has 114 valence electrons. The van der Waals surface area contributed by atoms with Crippen molar-refractivity contribution < 1.29 is 9.53 Å². The molecule has 4 heteroatoms. The zero-order valence-electron chi connectivity index (χ0n) is 13.9. The van der Waals surface area contributed by atoms with Gasteiger partial charge in [-0.25, -0.2) is 9.78 Å². The molecule has 21 heavy (non-hydrogen) atoms. The summed E-state index contributed by atoms with van der Waals surface area (Å²) >= 11 is 1.43. The van der Waals surface area contributed by atoms with Crippen LogP contribution in [0.5, 0.6) is 0 Å². The number of nitrogens with zero attached hydrogens (tertiary/aromatic N) is 1. The quantitative estimate of drug-likeness (QED) is 0.752. The summed E-state index contributed by atoms with van der Waals surface area (Å²) in [6.45, 7) is 13.9. The van der Waals surface area contributed by atoms with Gasteiger partial charge in [-0.1, -0.05) is 6.92 Å². The van der Waals surface area contributed by atoms with Crippen LogP contribution in [0.4, 0.5) is 0 Å². The molecule has 0 aromatic carbocycles. The lowest BCUT2D eigenvalue weighted by molar-refractivity contribution is 0.00746. The van der Waals surface area contributed by atoms with E-state index in [1.807, 2.05) is 34.6 Å². The van der Waals surface area contributed by atoms with Crippen LogP contribution in [0.1, 0.15) is 59.8 Å². The van der Waals surface area contributed by atoms with Crippen LogP contribution < -0.4 is 0 Å². The molecule has 0 aliphatic carbocycles. The number of thiophene rings is 1. The smallest absolute Gasteiger partial charge is 0.349 e. The molecule has 0 unspecified atom stereocenters. The van der Waals surface area contributed by atoms with Gasteiger partial charge in [-0.05, 0) is 64.7 Å². The van der Waals surface area contributed by atoms with Crippen LogP contribution in [0.25, 0.3) is 10.2 Å². The maximum Gasteiger partial charge on any atom is 0.349 e. The fraction of sp³-hybridized carbons (Fsp3) is 0.529. The molecular formula is C17H23NO2S. The molecule has 3 nitrogen and oxygen atoms in total. The number of pyridine rings is 1. The molecule has 0 aliphatic heterocycles. The van der Waals surface area contributed by atoms with E-state index >= 15 is 0 Å². The maximum atomic E-state index is 12.4. The van der Waals surface area contributed by atoms with E-state index in [1.165, 1.54) is 22.5 Å². The van der Waals surface area contributed by atoms with Crippen LogP contribution >= 0.6 is 11.3 Å². The van der Waals surface area contributed by atoms with Gasteiger partial charge in [0.05, 0.1) is 0 Å². The van der Waals surface area contributed by atoms with Gasteiger partial charge in [0.15, 0.2) is 0 Å². The van der Waals surface area contributed by atoms with E-state index in [1.54, 1.807) is 0 Å². The summed E-state index contributed by atoms with van der Waals surface area (Å²) in [6, 6.07) is 0. The van der Waals surface area contributed by atoms with Crippen LogP contribution in [0.3, 0.4) is 0 Å². The van der Waals surface area contributed by atoms with Gasteiger partial charge in [0, 0.05) is 11.1 Å². The number of hydrogen-bond donors (Lipinski definition) is 0. The van der Waals surface area contributed by atoms with Crippen molar-refractivity contribution in [2.45, 2.75) is 60.5 Å². The second-order valence-electron chi connectivity index (χ2n) is 6.39. The van der Waals surface area contributed by atoms with Gasteiger partial charge in [0.2, 0.25) is 0 Å². The minimum atomic E-state index is -0.479. The molecule has 0 saturated heterocycles. The lowest BCUT2D eigenvalue weighted by Gasteiger charge is -2.19. The topological polar surface area (TPSA) is 39.2 Å². The summed E-state index contributed by atoms with van der Waals surface area (Å²) in [7, 11) is 0. The summed E-state index contributed by atoms with van der Waals surface area (Å²) < 4.78 is 5.50. The van der Waals surface area contributed by atoms with Crippen LogP contribution in [0.2, 0.25) is 0 Å². The van der Waals surface area contributed by atoms with E-state index in [4.69, 9.17) is 4.74 Å². The first kappa shape index (κ1) is 16.0. The Balaban J connectivity index is 2.62. The Labute approximate surface area is 130 Å². The van der Waals surface area contributed by atoms with Crippen molar-refractivity contribution in [2.24, 2.45) is 0 Å². The van der Waals surface area contributed by atoms with Gasteiger partial charge >= 0.3 is 5.97 Å². The number of ether oxygens (including phenoxy) is 1. The molecule has 2 heterocycles. The zero-order chi connectivity index (χ0) is 15.9. The van der Waals surface area contributed by atoms with Crippen LogP contribution in [-0.4, -0.2) is 16.6 Å². The lowest BCUT2D eigenvalue weighted by Crippen LogP contribution is -2.23. The van der Waals surface area contributed by atoms with E-state index in [9.17, 15) is 4.79 Å². The van der Waals surface area contributed by atoms with Gasteiger partial charge in [-0.15, -0.1) is 11.3 Å². The fourth-order valence-electron chi connectivity index (χ4n) is 2.70. The van der Waals surface area contributed by atoms with E-state index in [0.29, 0.717) is 4.88 Å². The standard InChI is InChI=1S/C17H23NO2S/c1-8-12-9(2)13-10(3)14(16(19)20-17(5,6)7)21-15(13)18-11(12)4/h8H2,1-7H3. The molecular weight excluding hydrogens is 282 g/mol. The summed E-state index contributed by atoms with van der Waals surface area (Å²) in [5.74, 6) is -0.252. The summed E-state index contributed by atoms with van der Waals surface area (Å²) in [5, 5.41) is 1.11. The van der Waals surface area contributed by atoms with E-state index in [0.717, 1.165) is 27.9 Å². The number of aromatic nitrogens is 1. The SMILES string of the molecule is CCc1c(C)nc2sc(C(=O)OC(C)(C)C)c(C)c2c1C. The molecule has 0 radical (unpaired) electrons. The third-order valence-electron chi connectivity index (χ3n) is 3.60. The second-order valence-corrected chi connectivity index (χ2v) is 7.39. The number of carbonyl (C=O) groups is 1. The normalized spacial score (nSPS) is 12.0. The molecule has 0 N–H and O–H groups in total. The van der Waals surface area contributed by atoms with E-state index in [2.05, 4.69) is 18.8 Å². The molecule has 2 aromatic heterocycles. The third-order valence-corrected chi connectivity index (χ3v) is 4.77. The van der Waals surface area contributed by atoms with Crippen molar-refractivity contribution in [1.82, 2.24) is 4.98 Å². The van der Waals surface area contributed by atoms with Crippen molar-refractivity contribution in [2.75, 3.05) is 0 Å². The molecule has 2 rings (SSSR count). The maximum absolute atomic E-state index is 12.4. The lowest BCUT2D eigenvalue weighted by atomic mass is 10.00. The Morgan fingerprint density at radius 2 is 1.81 bits per heavy atom. The second kappa shape index (κ2) is 5.41. The van der Waals surface area contributed by atoms with Crippen molar-refractivity contribution in [3.05, 3.63) is 27.3 Å². The molecule has 2 aromatic rings. The number of esters is 1. The Kier molecular flexibility index (Phi) is 4.11. The fourth-order valence-corrected chi connectivity index (χ4v) is 3.87. The summed E-state index contributed by atoms with van der Waals surface area (Å²) in [5.41, 5.74) is 4.08. The van der Waals surface area contributed by atoms with Crippen LogP contribution in [0.15, 0.2) is 0 Å². The predicted octanol–water partition coefficient (Wildman–Crippen LogP) is 4.74. The van der Waals surface area contributed by atoms with Crippen molar-refractivity contribution in [3.8, 4) is 0 Å². The molecule has 0 aliphatic rings. The first-order valence-electron chi connectivity index (χ1n) is 7.28. The highest BCUT2D eigenvalue weighted by atomic mass is 32.1. The molecule has 0 bridgehead atoms. The largest absolute Gasteiger partial charge is 0.456 e. The molecule has 0 saturated carbocycles. The minimum absolute atomic E-state index is 0.252. The molecule has 0 spiro atoms. The van der Waals surface area contributed by atoms with Crippen LogP contribution in [0, 0.1) is 20.8 Å². The first-order valence-corrected chi connectivity index (χ1v) is 8.09. The van der Waals surface area contributed by atoms with Gasteiger partial charge in [0.25, 0.3) is 0 Å². The molecule has 0 atom stereocenters. The zero-order valence-corrected chi connectivity index (χ0v) is 14.7. The average molecular weight is 305 g/mol. The van der Waals surface area contributed by atoms with E-state index in [-0.39, 0.29) is 5.97 Å². The average Bonchev–Trinajstić information content (AvgIpc) is 2.65. The Morgan fingerprint density at radius 3 is 2.33 bits per heavy atom. The summed E-state index contributed by atoms with van der Waals surface area (Å²) in [4.78, 5) is 18.6. The van der Waals surface area contributed by atoms with Gasteiger partial charge in [0.1, 0.15) is 15.3 Å². The predicted molar refractivity (Wildman–Crippen MR) is 88.4 cm³/mol. The molecule has 0 amide bonds. The Bertz CT molecular complexity index is 708. The number of fused-ring (bicyclic) bond motifs is 1. The molecule has 0 fully saturated rings. The third kappa shape index (κ3) is 2.95. The highest BCUT2D eigenvalue weighted by Crippen LogP contribution is 2.35. The highest BCUT2D eigenvalue weighted by molar-refractivity contribution is 7.20. The van der Waals surface area contributed by atoms with Gasteiger partial charge in [-0.3, -0.25) is 0 Å². The van der Waals surface area contributed by atoms with Crippen molar-refractivity contribution in [1.29, 1.82) is 0 Å². The Morgan fingerprint density at radius 1 is 1.19 bits per heavy atom. The van der Waals surface area contributed by atoms with Crippen molar-refractivity contribution in [3.63, 3.8) is 0 Å². The first-order chi connectivity index (χ1) is 9.65. The van der Waals surface area contributed by atoms with Gasteiger partial charge < -0.3 is 4.74 Å². The van der Waals surface area contributed by atoms with Gasteiger partial charge in [-0.2, -0.15) is 0 Å². The highest BCUT2D eigenvalue weighted by Gasteiger charge is 2.24. The minimum Gasteiger partial charge on any atom is -0.456 e. The van der Waals surface area contributed by atoms with Crippen molar-refractivity contribution >= 4 is 27.5 Å². The van der Waals surface area contributed by atoms with Crippen LogP contribution in [-0.2, 0) is 11.2 Å². The summed E-state index contributed by atoms with van der Waals surface area (Å²) in [6.07, 6.45) is 0.956. The van der Waals surface area contributed by atoms with E-state index < -0.39 is 5.60 Å². The monoisotopic (exact) mass is 305 g/mol. The number of aryl methyl sites for hydroxylation is 3.